The van der Waals surface area contributed by atoms with Gasteiger partial charge in [0.25, 0.3) is 5.91 Å². The smallest absolute Gasteiger partial charge is 0.255 e. The van der Waals surface area contributed by atoms with Crippen molar-refractivity contribution in [1.29, 1.82) is 0 Å². The van der Waals surface area contributed by atoms with E-state index in [1.807, 2.05) is 0 Å². The molecule has 0 aromatic heterocycles. The molecular formula is C16H16FNO2S. The van der Waals surface area contributed by atoms with Crippen molar-refractivity contribution in [3.63, 3.8) is 0 Å². The summed E-state index contributed by atoms with van der Waals surface area (Å²) in [5, 5.41) is 12.3. The summed E-state index contributed by atoms with van der Waals surface area (Å²) in [4.78, 5) is 12.8. The number of aromatic hydroxyl groups is 1. The number of phenolic OH excluding ortho intramolecular Hbond substituents is 1. The third-order valence-electron chi connectivity index (χ3n) is 2.84. The van der Waals surface area contributed by atoms with Gasteiger partial charge in [-0.2, -0.15) is 0 Å². The van der Waals surface area contributed by atoms with Crippen LogP contribution in [0.4, 0.5) is 4.39 Å². The molecule has 0 unspecified atom stereocenters. The zero-order valence-electron chi connectivity index (χ0n) is 11.4. The molecule has 5 heteroatoms. The van der Waals surface area contributed by atoms with E-state index in [4.69, 9.17) is 0 Å². The van der Waals surface area contributed by atoms with Crippen LogP contribution in [0.1, 0.15) is 16.8 Å². The Hall–Kier alpha value is -2.01. The van der Waals surface area contributed by atoms with E-state index in [1.54, 1.807) is 42.1 Å². The standard InChI is InChI=1S/C16H16FNO2S/c17-12-6-8-13(9-7-12)21-11-3-10-18-16(20)14-4-1-2-5-15(14)19/h1-2,4-9,19H,3,10-11H2,(H,18,20). The number of amides is 1. The molecule has 0 atom stereocenters. The third kappa shape index (κ3) is 4.79. The van der Waals surface area contributed by atoms with Crippen LogP contribution in [0.5, 0.6) is 5.75 Å². The van der Waals surface area contributed by atoms with E-state index in [1.165, 1.54) is 18.2 Å². The molecule has 0 aliphatic carbocycles. The molecule has 2 N–H and O–H groups in total. The first-order valence-corrected chi connectivity index (χ1v) is 7.60. The topological polar surface area (TPSA) is 49.3 Å². The Morgan fingerprint density at radius 3 is 2.57 bits per heavy atom. The highest BCUT2D eigenvalue weighted by Gasteiger charge is 2.08. The fourth-order valence-electron chi connectivity index (χ4n) is 1.76. The molecule has 0 bridgehead atoms. The van der Waals surface area contributed by atoms with Crippen LogP contribution in [0, 0.1) is 5.82 Å². The number of carbonyl (C=O) groups excluding carboxylic acids is 1. The highest BCUT2D eigenvalue weighted by molar-refractivity contribution is 7.99. The van der Waals surface area contributed by atoms with E-state index in [0.29, 0.717) is 6.54 Å². The van der Waals surface area contributed by atoms with Gasteiger partial charge >= 0.3 is 0 Å². The van der Waals surface area contributed by atoms with Gasteiger partial charge in [-0.25, -0.2) is 4.39 Å². The summed E-state index contributed by atoms with van der Waals surface area (Å²) in [6, 6.07) is 12.8. The minimum absolute atomic E-state index is 0.0179. The number of thioether (sulfide) groups is 1. The number of hydrogen-bond donors (Lipinski definition) is 2. The van der Waals surface area contributed by atoms with Gasteiger partial charge in [-0.1, -0.05) is 12.1 Å². The molecule has 0 aliphatic heterocycles. The number of rotatable bonds is 6. The molecule has 21 heavy (non-hydrogen) atoms. The van der Waals surface area contributed by atoms with Crippen LogP contribution in [0.25, 0.3) is 0 Å². The van der Waals surface area contributed by atoms with Gasteiger partial charge in [-0.05, 0) is 48.6 Å². The summed E-state index contributed by atoms with van der Waals surface area (Å²) in [5.41, 5.74) is 0.281. The van der Waals surface area contributed by atoms with E-state index < -0.39 is 0 Å². The SMILES string of the molecule is O=C(NCCCSc1ccc(F)cc1)c1ccccc1O. The molecular weight excluding hydrogens is 289 g/mol. The van der Waals surface area contributed by atoms with Crippen molar-refractivity contribution in [1.82, 2.24) is 5.32 Å². The minimum Gasteiger partial charge on any atom is -0.507 e. The summed E-state index contributed by atoms with van der Waals surface area (Å²) in [7, 11) is 0. The molecule has 0 saturated carbocycles. The maximum atomic E-state index is 12.7. The molecule has 2 rings (SSSR count). The molecule has 0 aliphatic rings. The Balaban J connectivity index is 1.69. The van der Waals surface area contributed by atoms with Crippen LogP contribution in [-0.2, 0) is 0 Å². The first-order chi connectivity index (χ1) is 10.2. The van der Waals surface area contributed by atoms with E-state index >= 15 is 0 Å². The maximum absolute atomic E-state index is 12.7. The minimum atomic E-state index is -0.278. The summed E-state index contributed by atoms with van der Waals surface area (Å²) in [6.07, 6.45) is 0.793. The Labute approximate surface area is 127 Å². The second-order valence-corrected chi connectivity index (χ2v) is 5.60. The quantitative estimate of drug-likeness (QED) is 0.635. The lowest BCUT2D eigenvalue weighted by Crippen LogP contribution is -2.24. The van der Waals surface area contributed by atoms with Crippen molar-refractivity contribution >= 4 is 17.7 Å². The molecule has 0 radical (unpaired) electrons. The molecule has 2 aromatic rings. The fourth-order valence-corrected chi connectivity index (χ4v) is 2.61. The van der Waals surface area contributed by atoms with Crippen LogP contribution in [-0.4, -0.2) is 23.3 Å². The van der Waals surface area contributed by atoms with Crippen molar-refractivity contribution in [2.24, 2.45) is 0 Å². The van der Waals surface area contributed by atoms with Crippen LogP contribution >= 0.6 is 11.8 Å². The monoisotopic (exact) mass is 305 g/mol. The Morgan fingerprint density at radius 2 is 1.86 bits per heavy atom. The van der Waals surface area contributed by atoms with Crippen LogP contribution in [0.2, 0.25) is 0 Å². The lowest BCUT2D eigenvalue weighted by atomic mass is 10.2. The van der Waals surface area contributed by atoms with Gasteiger partial charge in [0, 0.05) is 11.4 Å². The number of carbonyl (C=O) groups is 1. The van der Waals surface area contributed by atoms with Crippen molar-refractivity contribution in [2.45, 2.75) is 11.3 Å². The predicted octanol–water partition coefficient (Wildman–Crippen LogP) is 3.44. The summed E-state index contributed by atoms with van der Waals surface area (Å²) < 4.78 is 12.7. The zero-order chi connectivity index (χ0) is 15.1. The van der Waals surface area contributed by atoms with Crippen LogP contribution in [0.3, 0.4) is 0 Å². The first-order valence-electron chi connectivity index (χ1n) is 6.61. The van der Waals surface area contributed by atoms with E-state index in [9.17, 15) is 14.3 Å². The summed E-state index contributed by atoms with van der Waals surface area (Å²) in [5.74, 6) is 0.289. The van der Waals surface area contributed by atoms with Gasteiger partial charge in [0.1, 0.15) is 11.6 Å². The fraction of sp³-hybridized carbons (Fsp3) is 0.188. The Kier molecular flexibility index (Phi) is 5.63. The molecule has 3 nitrogen and oxygen atoms in total. The zero-order valence-corrected chi connectivity index (χ0v) is 12.2. The predicted molar refractivity (Wildman–Crippen MR) is 82.2 cm³/mol. The third-order valence-corrected chi connectivity index (χ3v) is 3.94. The summed E-state index contributed by atoms with van der Waals surface area (Å²) >= 11 is 1.61. The van der Waals surface area contributed by atoms with E-state index in [-0.39, 0.29) is 23.0 Å². The van der Waals surface area contributed by atoms with Crippen molar-refractivity contribution in [2.75, 3.05) is 12.3 Å². The van der Waals surface area contributed by atoms with Gasteiger partial charge in [-0.15, -0.1) is 11.8 Å². The van der Waals surface area contributed by atoms with Crippen molar-refractivity contribution in [3.05, 3.63) is 59.9 Å². The molecule has 110 valence electrons. The van der Waals surface area contributed by atoms with E-state index in [2.05, 4.69) is 5.32 Å². The second kappa shape index (κ2) is 7.69. The van der Waals surface area contributed by atoms with Crippen LogP contribution in [0.15, 0.2) is 53.4 Å². The first kappa shape index (κ1) is 15.4. The number of hydrogen-bond acceptors (Lipinski definition) is 3. The maximum Gasteiger partial charge on any atom is 0.255 e. The van der Waals surface area contributed by atoms with Gasteiger partial charge in [-0.3, -0.25) is 4.79 Å². The lowest BCUT2D eigenvalue weighted by Gasteiger charge is -2.06. The van der Waals surface area contributed by atoms with Crippen LogP contribution < -0.4 is 5.32 Å². The molecule has 0 saturated heterocycles. The van der Waals surface area contributed by atoms with Gasteiger partial charge in [0.05, 0.1) is 5.56 Å². The molecule has 2 aromatic carbocycles. The van der Waals surface area contributed by atoms with Gasteiger partial charge in [0.15, 0.2) is 0 Å². The number of halogens is 1. The average Bonchev–Trinajstić information content (AvgIpc) is 2.49. The lowest BCUT2D eigenvalue weighted by molar-refractivity contribution is 0.0951. The Bertz CT molecular complexity index is 601. The molecule has 0 spiro atoms. The van der Waals surface area contributed by atoms with Gasteiger partial charge in [0.2, 0.25) is 0 Å². The highest BCUT2D eigenvalue weighted by Crippen LogP contribution is 2.19. The van der Waals surface area contributed by atoms with Gasteiger partial charge < -0.3 is 10.4 Å². The largest absolute Gasteiger partial charge is 0.507 e. The normalized spacial score (nSPS) is 10.3. The molecule has 1 amide bonds. The summed E-state index contributed by atoms with van der Waals surface area (Å²) in [6.45, 7) is 0.529. The highest BCUT2D eigenvalue weighted by atomic mass is 32.2. The number of phenols is 1. The molecule has 0 heterocycles. The Morgan fingerprint density at radius 1 is 1.14 bits per heavy atom. The number of para-hydroxylation sites is 1. The second-order valence-electron chi connectivity index (χ2n) is 4.43. The average molecular weight is 305 g/mol. The van der Waals surface area contributed by atoms with E-state index in [0.717, 1.165) is 17.1 Å². The molecule has 0 fully saturated rings. The number of nitrogens with one attached hydrogen (secondary N) is 1. The van der Waals surface area contributed by atoms with Crippen molar-refractivity contribution in [3.8, 4) is 5.75 Å². The number of benzene rings is 2. The van der Waals surface area contributed by atoms with Crippen molar-refractivity contribution < 1.29 is 14.3 Å².